The lowest BCUT2D eigenvalue weighted by molar-refractivity contribution is 0.383. The average molecular weight is 407 g/mol. The highest BCUT2D eigenvalue weighted by Crippen LogP contribution is 2.23. The summed E-state index contributed by atoms with van der Waals surface area (Å²) < 4.78 is 29.0. The van der Waals surface area contributed by atoms with Crippen molar-refractivity contribution in [1.29, 1.82) is 0 Å². The van der Waals surface area contributed by atoms with Gasteiger partial charge in [0.25, 0.3) is 0 Å². The highest BCUT2D eigenvalue weighted by Gasteiger charge is 2.29. The molecule has 0 saturated carbocycles. The lowest BCUT2D eigenvalue weighted by Crippen LogP contribution is -2.49. The quantitative estimate of drug-likeness (QED) is 0.713. The standard InChI is InChI=1S/C17H19ClN6O2S/c1-19-17-20-15-6-3-7-16(24(15)21-17)22-8-10-23(11-9-22)27(25,26)14-5-2-4-13(18)12-14/h2-7,12H,8-11H2,1H3,(H,19,21). The number of hydrogen-bond donors (Lipinski definition) is 1. The second-order valence-corrected chi connectivity index (χ2v) is 8.56. The van der Waals surface area contributed by atoms with Gasteiger partial charge in [-0.1, -0.05) is 23.7 Å². The molecule has 0 amide bonds. The van der Waals surface area contributed by atoms with Crippen molar-refractivity contribution in [2.45, 2.75) is 4.90 Å². The monoisotopic (exact) mass is 406 g/mol. The number of nitrogens with one attached hydrogen (secondary N) is 1. The molecule has 0 bridgehead atoms. The number of nitrogens with zero attached hydrogens (tertiary/aromatic N) is 5. The van der Waals surface area contributed by atoms with Gasteiger partial charge < -0.3 is 10.2 Å². The SMILES string of the molecule is CNc1nc2cccc(N3CCN(S(=O)(=O)c4cccc(Cl)c4)CC3)n2n1. The first kappa shape index (κ1) is 18.0. The largest absolute Gasteiger partial charge is 0.356 e. The molecular weight excluding hydrogens is 388 g/mol. The maximum atomic E-state index is 12.9. The summed E-state index contributed by atoms with van der Waals surface area (Å²) >= 11 is 5.95. The van der Waals surface area contributed by atoms with Crippen LogP contribution in [0.15, 0.2) is 47.4 Å². The fourth-order valence-electron chi connectivity index (χ4n) is 3.17. The van der Waals surface area contributed by atoms with Crippen LogP contribution in [0, 0.1) is 0 Å². The smallest absolute Gasteiger partial charge is 0.243 e. The van der Waals surface area contributed by atoms with Gasteiger partial charge in [0, 0.05) is 38.2 Å². The van der Waals surface area contributed by atoms with E-state index in [1.165, 1.54) is 10.4 Å². The van der Waals surface area contributed by atoms with Crippen molar-refractivity contribution >= 4 is 39.0 Å². The Hall–Kier alpha value is -2.36. The van der Waals surface area contributed by atoms with Gasteiger partial charge in [0.05, 0.1) is 4.90 Å². The van der Waals surface area contributed by atoms with Gasteiger partial charge in [0.15, 0.2) is 5.65 Å². The molecule has 3 aromatic rings. The summed E-state index contributed by atoms with van der Waals surface area (Å²) in [6.07, 6.45) is 0. The lowest BCUT2D eigenvalue weighted by Gasteiger charge is -2.35. The molecule has 1 aliphatic rings. The molecule has 2 aromatic heterocycles. The van der Waals surface area contributed by atoms with Crippen molar-refractivity contribution in [3.63, 3.8) is 0 Å². The number of pyridine rings is 1. The van der Waals surface area contributed by atoms with E-state index in [9.17, 15) is 8.42 Å². The number of rotatable bonds is 4. The van der Waals surface area contributed by atoms with Crippen LogP contribution in [-0.2, 0) is 10.0 Å². The lowest BCUT2D eigenvalue weighted by atomic mass is 10.3. The Kier molecular flexibility index (Phi) is 4.67. The Labute approximate surface area is 162 Å². The maximum absolute atomic E-state index is 12.9. The Morgan fingerprint density at radius 3 is 2.52 bits per heavy atom. The number of halogens is 1. The van der Waals surface area contributed by atoms with Gasteiger partial charge in [0.1, 0.15) is 5.82 Å². The number of fused-ring (bicyclic) bond motifs is 1. The molecule has 0 spiro atoms. The van der Waals surface area contributed by atoms with Crippen molar-refractivity contribution < 1.29 is 8.42 Å². The molecule has 0 aliphatic carbocycles. The molecule has 1 aromatic carbocycles. The number of aromatic nitrogens is 3. The number of anilines is 2. The topological polar surface area (TPSA) is 82.8 Å². The van der Waals surface area contributed by atoms with Crippen LogP contribution in [0.25, 0.3) is 5.65 Å². The normalized spacial score (nSPS) is 16.0. The predicted molar refractivity (Wildman–Crippen MR) is 105 cm³/mol. The van der Waals surface area contributed by atoms with E-state index in [4.69, 9.17) is 11.6 Å². The molecule has 0 unspecified atom stereocenters. The zero-order valence-electron chi connectivity index (χ0n) is 14.7. The highest BCUT2D eigenvalue weighted by molar-refractivity contribution is 7.89. The number of benzene rings is 1. The van der Waals surface area contributed by atoms with E-state index in [0.29, 0.717) is 37.1 Å². The fourth-order valence-corrected chi connectivity index (χ4v) is 4.89. The summed E-state index contributed by atoms with van der Waals surface area (Å²) in [5.41, 5.74) is 0.742. The molecule has 1 N–H and O–H groups in total. The zero-order valence-corrected chi connectivity index (χ0v) is 16.3. The number of sulfonamides is 1. The Bertz CT molecular complexity index is 1080. The van der Waals surface area contributed by atoms with Crippen molar-refractivity contribution in [3.05, 3.63) is 47.5 Å². The minimum atomic E-state index is -3.56. The van der Waals surface area contributed by atoms with E-state index < -0.39 is 10.0 Å². The fraction of sp³-hybridized carbons (Fsp3) is 0.294. The molecule has 1 aliphatic heterocycles. The first-order chi connectivity index (χ1) is 13.0. The average Bonchev–Trinajstić information content (AvgIpc) is 3.11. The third-order valence-corrected chi connectivity index (χ3v) is 6.69. The molecule has 142 valence electrons. The van der Waals surface area contributed by atoms with E-state index in [-0.39, 0.29) is 4.90 Å². The third-order valence-electron chi connectivity index (χ3n) is 4.56. The molecule has 1 saturated heterocycles. The van der Waals surface area contributed by atoms with Crippen LogP contribution in [0.2, 0.25) is 5.02 Å². The summed E-state index contributed by atoms with van der Waals surface area (Å²) in [6.45, 7) is 1.90. The van der Waals surface area contributed by atoms with Crippen LogP contribution < -0.4 is 10.2 Å². The predicted octanol–water partition coefficient (Wildman–Crippen LogP) is 1.94. The summed E-state index contributed by atoms with van der Waals surface area (Å²) in [6, 6.07) is 12.1. The van der Waals surface area contributed by atoms with Gasteiger partial charge in [-0.2, -0.15) is 13.8 Å². The van der Waals surface area contributed by atoms with Crippen LogP contribution in [0.1, 0.15) is 0 Å². The van der Waals surface area contributed by atoms with Gasteiger partial charge in [-0.05, 0) is 30.3 Å². The molecule has 27 heavy (non-hydrogen) atoms. The summed E-state index contributed by atoms with van der Waals surface area (Å²) in [5, 5.41) is 7.78. The minimum absolute atomic E-state index is 0.223. The van der Waals surface area contributed by atoms with Crippen LogP contribution >= 0.6 is 11.6 Å². The first-order valence-corrected chi connectivity index (χ1v) is 10.3. The van der Waals surface area contributed by atoms with Crippen LogP contribution in [0.4, 0.5) is 11.8 Å². The van der Waals surface area contributed by atoms with E-state index in [2.05, 4.69) is 20.3 Å². The minimum Gasteiger partial charge on any atom is -0.356 e. The van der Waals surface area contributed by atoms with E-state index in [1.807, 2.05) is 18.2 Å². The second kappa shape index (κ2) is 6.99. The molecule has 3 heterocycles. The summed E-state index contributed by atoms with van der Waals surface area (Å²) in [4.78, 5) is 6.72. The molecule has 1 fully saturated rings. The first-order valence-electron chi connectivity index (χ1n) is 8.53. The maximum Gasteiger partial charge on any atom is 0.243 e. The Balaban J connectivity index is 1.55. The van der Waals surface area contributed by atoms with Crippen molar-refractivity contribution in [2.75, 3.05) is 43.4 Å². The molecule has 10 heteroatoms. The zero-order chi connectivity index (χ0) is 19.0. The van der Waals surface area contributed by atoms with Crippen molar-refractivity contribution in [1.82, 2.24) is 18.9 Å². The van der Waals surface area contributed by atoms with Gasteiger partial charge in [-0.15, -0.1) is 5.10 Å². The number of piperazine rings is 1. The van der Waals surface area contributed by atoms with Crippen molar-refractivity contribution in [3.8, 4) is 0 Å². The Morgan fingerprint density at radius 2 is 1.81 bits per heavy atom. The van der Waals surface area contributed by atoms with E-state index in [1.54, 1.807) is 29.8 Å². The number of hydrogen-bond acceptors (Lipinski definition) is 6. The van der Waals surface area contributed by atoms with E-state index >= 15 is 0 Å². The van der Waals surface area contributed by atoms with Gasteiger partial charge in [0.2, 0.25) is 16.0 Å². The molecule has 8 nitrogen and oxygen atoms in total. The van der Waals surface area contributed by atoms with Crippen LogP contribution in [0.5, 0.6) is 0 Å². The summed E-state index contributed by atoms with van der Waals surface area (Å²) in [5.74, 6) is 1.44. The Morgan fingerprint density at radius 1 is 1.07 bits per heavy atom. The highest BCUT2D eigenvalue weighted by atomic mass is 35.5. The van der Waals surface area contributed by atoms with Gasteiger partial charge in [-0.3, -0.25) is 0 Å². The van der Waals surface area contributed by atoms with E-state index in [0.717, 1.165) is 11.5 Å². The van der Waals surface area contributed by atoms with Gasteiger partial charge in [-0.25, -0.2) is 8.42 Å². The second-order valence-electron chi connectivity index (χ2n) is 6.19. The molecule has 0 radical (unpaired) electrons. The molecular formula is C17H19ClN6O2S. The molecule has 4 rings (SSSR count). The molecule has 0 atom stereocenters. The van der Waals surface area contributed by atoms with Crippen LogP contribution in [-0.4, -0.2) is 60.5 Å². The van der Waals surface area contributed by atoms with Gasteiger partial charge >= 0.3 is 0 Å². The third kappa shape index (κ3) is 3.33. The van der Waals surface area contributed by atoms with Crippen molar-refractivity contribution in [2.24, 2.45) is 0 Å². The summed E-state index contributed by atoms with van der Waals surface area (Å²) in [7, 11) is -1.78. The van der Waals surface area contributed by atoms with Crippen LogP contribution in [0.3, 0.4) is 0 Å².